The predicted octanol–water partition coefficient (Wildman–Crippen LogP) is 1.26. The van der Waals surface area contributed by atoms with Gasteiger partial charge < -0.3 is 10.1 Å². The van der Waals surface area contributed by atoms with E-state index in [2.05, 4.69) is 15.5 Å². The summed E-state index contributed by atoms with van der Waals surface area (Å²) in [5, 5.41) is 9.39. The molecule has 1 aromatic rings. The van der Waals surface area contributed by atoms with Crippen molar-refractivity contribution in [1.82, 2.24) is 15.5 Å². The molecule has 0 aliphatic carbocycles. The van der Waals surface area contributed by atoms with E-state index in [0.717, 1.165) is 12.1 Å². The van der Waals surface area contributed by atoms with Gasteiger partial charge in [0, 0.05) is 18.8 Å². The van der Waals surface area contributed by atoms with Crippen molar-refractivity contribution >= 4 is 5.91 Å². The van der Waals surface area contributed by atoms with Gasteiger partial charge in [0.1, 0.15) is 5.69 Å². The molecule has 5 heteroatoms. The number of aryl methyl sites for hydroxylation is 1. The Morgan fingerprint density at radius 2 is 2.38 bits per heavy atom. The standard InChI is InChI=1S/C11H19N3O2/c1-8(2)16-6-4-5-12-11(15)10-7-9(3)13-14-10/h7-8H,4-6H2,1-3H3,(H,12,15)(H,13,14). The molecular weight excluding hydrogens is 206 g/mol. The zero-order chi connectivity index (χ0) is 12.0. The molecule has 1 rings (SSSR count). The molecule has 1 amide bonds. The number of aromatic amines is 1. The largest absolute Gasteiger partial charge is 0.379 e. The van der Waals surface area contributed by atoms with E-state index >= 15 is 0 Å². The first-order valence-electron chi connectivity index (χ1n) is 5.51. The third-order valence-electron chi connectivity index (χ3n) is 2.00. The van der Waals surface area contributed by atoms with E-state index < -0.39 is 0 Å². The normalized spacial score (nSPS) is 10.8. The molecule has 0 spiro atoms. The van der Waals surface area contributed by atoms with Gasteiger partial charge in [0.15, 0.2) is 0 Å². The monoisotopic (exact) mass is 225 g/mol. The van der Waals surface area contributed by atoms with Crippen molar-refractivity contribution in [2.75, 3.05) is 13.2 Å². The molecular formula is C11H19N3O2. The molecule has 0 saturated carbocycles. The molecule has 2 N–H and O–H groups in total. The highest BCUT2D eigenvalue weighted by Crippen LogP contribution is 1.97. The summed E-state index contributed by atoms with van der Waals surface area (Å²) in [6.07, 6.45) is 1.05. The maximum Gasteiger partial charge on any atom is 0.271 e. The minimum absolute atomic E-state index is 0.145. The van der Waals surface area contributed by atoms with Gasteiger partial charge in [-0.05, 0) is 33.3 Å². The van der Waals surface area contributed by atoms with Gasteiger partial charge in [0.2, 0.25) is 0 Å². The second kappa shape index (κ2) is 6.27. The van der Waals surface area contributed by atoms with Gasteiger partial charge in [0.05, 0.1) is 6.10 Å². The number of hydrogen-bond acceptors (Lipinski definition) is 3. The lowest BCUT2D eigenvalue weighted by Crippen LogP contribution is -2.25. The summed E-state index contributed by atoms with van der Waals surface area (Å²) >= 11 is 0. The summed E-state index contributed by atoms with van der Waals surface area (Å²) in [6, 6.07) is 1.72. The minimum atomic E-state index is -0.145. The van der Waals surface area contributed by atoms with E-state index in [1.165, 1.54) is 0 Å². The number of nitrogens with one attached hydrogen (secondary N) is 2. The van der Waals surface area contributed by atoms with Crippen molar-refractivity contribution in [1.29, 1.82) is 0 Å². The van der Waals surface area contributed by atoms with Gasteiger partial charge in [-0.2, -0.15) is 5.10 Å². The summed E-state index contributed by atoms with van der Waals surface area (Å²) in [5.74, 6) is -0.145. The maximum atomic E-state index is 11.5. The summed E-state index contributed by atoms with van der Waals surface area (Å²) in [5.41, 5.74) is 1.32. The molecule has 16 heavy (non-hydrogen) atoms. The summed E-state index contributed by atoms with van der Waals surface area (Å²) in [4.78, 5) is 11.5. The molecule has 5 nitrogen and oxygen atoms in total. The second-order valence-corrected chi connectivity index (χ2v) is 3.97. The first-order chi connectivity index (χ1) is 7.59. The number of hydrogen-bond donors (Lipinski definition) is 2. The van der Waals surface area contributed by atoms with Gasteiger partial charge >= 0.3 is 0 Å². The van der Waals surface area contributed by atoms with Crippen LogP contribution in [0.2, 0.25) is 0 Å². The van der Waals surface area contributed by atoms with Crippen LogP contribution in [0.5, 0.6) is 0 Å². The molecule has 0 fully saturated rings. The molecule has 90 valence electrons. The zero-order valence-corrected chi connectivity index (χ0v) is 10.0. The van der Waals surface area contributed by atoms with E-state index in [4.69, 9.17) is 4.74 Å². The Balaban J connectivity index is 2.16. The molecule has 0 aromatic carbocycles. The number of carbonyl (C=O) groups excluding carboxylic acids is 1. The van der Waals surface area contributed by atoms with E-state index in [1.807, 2.05) is 20.8 Å². The van der Waals surface area contributed by atoms with Crippen molar-refractivity contribution in [3.8, 4) is 0 Å². The van der Waals surface area contributed by atoms with Gasteiger partial charge in [-0.15, -0.1) is 0 Å². The van der Waals surface area contributed by atoms with Crippen molar-refractivity contribution in [2.45, 2.75) is 33.3 Å². The summed E-state index contributed by atoms with van der Waals surface area (Å²) in [7, 11) is 0. The summed E-state index contributed by atoms with van der Waals surface area (Å²) < 4.78 is 5.36. The van der Waals surface area contributed by atoms with Crippen LogP contribution < -0.4 is 5.32 Å². The van der Waals surface area contributed by atoms with Gasteiger partial charge in [-0.1, -0.05) is 0 Å². The second-order valence-electron chi connectivity index (χ2n) is 3.97. The minimum Gasteiger partial charge on any atom is -0.379 e. The molecule has 0 saturated heterocycles. The predicted molar refractivity (Wildman–Crippen MR) is 61.4 cm³/mol. The number of nitrogens with zero attached hydrogens (tertiary/aromatic N) is 1. The number of aromatic nitrogens is 2. The maximum absolute atomic E-state index is 11.5. The molecule has 1 heterocycles. The molecule has 0 atom stereocenters. The van der Waals surface area contributed by atoms with Gasteiger partial charge in [-0.25, -0.2) is 0 Å². The van der Waals surface area contributed by atoms with Crippen molar-refractivity contribution < 1.29 is 9.53 Å². The third-order valence-corrected chi connectivity index (χ3v) is 2.00. The van der Waals surface area contributed by atoms with E-state index in [-0.39, 0.29) is 12.0 Å². The lowest BCUT2D eigenvalue weighted by atomic mass is 10.3. The highest BCUT2D eigenvalue weighted by atomic mass is 16.5. The smallest absolute Gasteiger partial charge is 0.271 e. The third kappa shape index (κ3) is 4.44. The van der Waals surface area contributed by atoms with E-state index in [1.54, 1.807) is 6.07 Å². The summed E-state index contributed by atoms with van der Waals surface area (Å²) in [6.45, 7) is 7.12. The van der Waals surface area contributed by atoms with Crippen LogP contribution >= 0.6 is 0 Å². The Bertz CT molecular complexity index is 334. The van der Waals surface area contributed by atoms with Crippen molar-refractivity contribution in [3.05, 3.63) is 17.5 Å². The highest BCUT2D eigenvalue weighted by Gasteiger charge is 2.07. The van der Waals surface area contributed by atoms with Crippen LogP contribution in [0.25, 0.3) is 0 Å². The lowest BCUT2D eigenvalue weighted by molar-refractivity contribution is 0.0756. The molecule has 0 bridgehead atoms. The molecule has 0 aliphatic heterocycles. The van der Waals surface area contributed by atoms with Crippen molar-refractivity contribution in [2.24, 2.45) is 0 Å². The van der Waals surface area contributed by atoms with Crippen LogP contribution in [0.15, 0.2) is 6.07 Å². The number of amides is 1. The molecule has 0 unspecified atom stereocenters. The fourth-order valence-corrected chi connectivity index (χ4v) is 1.22. The van der Waals surface area contributed by atoms with E-state index in [9.17, 15) is 4.79 Å². The van der Waals surface area contributed by atoms with Gasteiger partial charge in [0.25, 0.3) is 5.91 Å². The average Bonchev–Trinajstić information content (AvgIpc) is 2.63. The number of H-pyrrole nitrogens is 1. The lowest BCUT2D eigenvalue weighted by Gasteiger charge is -2.07. The van der Waals surface area contributed by atoms with Crippen LogP contribution in [0.1, 0.15) is 36.5 Å². The number of carbonyl (C=O) groups is 1. The van der Waals surface area contributed by atoms with Crippen molar-refractivity contribution in [3.63, 3.8) is 0 Å². The Hall–Kier alpha value is -1.36. The zero-order valence-electron chi connectivity index (χ0n) is 10.0. The molecule has 0 aliphatic rings. The van der Waals surface area contributed by atoms with Crippen LogP contribution in [-0.4, -0.2) is 35.4 Å². The van der Waals surface area contributed by atoms with E-state index in [0.29, 0.717) is 18.8 Å². The molecule has 1 aromatic heterocycles. The fourth-order valence-electron chi connectivity index (χ4n) is 1.22. The first-order valence-corrected chi connectivity index (χ1v) is 5.51. The van der Waals surface area contributed by atoms with Crippen LogP contribution in [-0.2, 0) is 4.74 Å². The van der Waals surface area contributed by atoms with Gasteiger partial charge in [-0.3, -0.25) is 9.89 Å². The highest BCUT2D eigenvalue weighted by molar-refractivity contribution is 5.92. The van der Waals surface area contributed by atoms with Crippen LogP contribution in [0, 0.1) is 6.92 Å². The Labute approximate surface area is 95.6 Å². The van der Waals surface area contributed by atoms with Crippen LogP contribution in [0.4, 0.5) is 0 Å². The first kappa shape index (κ1) is 12.7. The Morgan fingerprint density at radius 3 is 2.94 bits per heavy atom. The Kier molecular flexibility index (Phi) is 4.98. The Morgan fingerprint density at radius 1 is 1.62 bits per heavy atom. The quantitative estimate of drug-likeness (QED) is 0.716. The van der Waals surface area contributed by atoms with Crippen LogP contribution in [0.3, 0.4) is 0 Å². The molecule has 0 radical (unpaired) electrons. The fraction of sp³-hybridized carbons (Fsp3) is 0.636. The number of rotatable bonds is 6. The number of ether oxygens (including phenoxy) is 1. The average molecular weight is 225 g/mol. The SMILES string of the molecule is Cc1cc(C(=O)NCCCOC(C)C)n[nH]1. The topological polar surface area (TPSA) is 67.0 Å².